The molecule has 3 aromatic rings. The second-order valence-electron chi connectivity index (χ2n) is 4.33. The maximum Gasteiger partial charge on any atom is 0.123 e. The van der Waals surface area contributed by atoms with E-state index >= 15 is 0 Å². The van der Waals surface area contributed by atoms with Crippen LogP contribution in [0.2, 0.25) is 0 Å². The van der Waals surface area contributed by atoms with E-state index in [9.17, 15) is 4.39 Å². The quantitative estimate of drug-likeness (QED) is 0.760. The minimum Gasteiger partial charge on any atom is -0.342 e. The molecule has 0 fully saturated rings. The number of rotatable bonds is 2. The molecular formula is C15H10FN3. The third-order valence-corrected chi connectivity index (χ3v) is 2.94. The molecular weight excluding hydrogens is 241 g/mol. The molecule has 4 heteroatoms. The van der Waals surface area contributed by atoms with Gasteiger partial charge in [0.2, 0.25) is 0 Å². The van der Waals surface area contributed by atoms with E-state index in [-0.39, 0.29) is 5.82 Å². The minimum atomic E-state index is -0.244. The van der Waals surface area contributed by atoms with Crippen LogP contribution in [-0.4, -0.2) is 9.97 Å². The normalized spacial score (nSPS) is 10.5. The predicted molar refractivity (Wildman–Crippen MR) is 70.0 cm³/mol. The van der Waals surface area contributed by atoms with E-state index < -0.39 is 0 Å². The largest absolute Gasteiger partial charge is 0.342 e. The molecule has 0 aliphatic rings. The lowest BCUT2D eigenvalue weighted by atomic mass is 10.1. The van der Waals surface area contributed by atoms with Gasteiger partial charge < -0.3 is 4.98 Å². The van der Waals surface area contributed by atoms with Crippen molar-refractivity contribution in [3.8, 4) is 6.07 Å². The zero-order valence-corrected chi connectivity index (χ0v) is 10.0. The monoisotopic (exact) mass is 251 g/mol. The van der Waals surface area contributed by atoms with E-state index in [0.29, 0.717) is 12.0 Å². The molecule has 92 valence electrons. The van der Waals surface area contributed by atoms with Crippen molar-refractivity contribution in [1.29, 1.82) is 5.26 Å². The average molecular weight is 251 g/mol. The maximum atomic E-state index is 12.8. The van der Waals surface area contributed by atoms with Crippen molar-refractivity contribution in [2.45, 2.75) is 6.42 Å². The lowest BCUT2D eigenvalue weighted by molar-refractivity contribution is 0.627. The number of fused-ring (bicyclic) bond motifs is 1. The molecule has 0 saturated heterocycles. The summed E-state index contributed by atoms with van der Waals surface area (Å²) >= 11 is 0. The van der Waals surface area contributed by atoms with E-state index in [2.05, 4.69) is 16.0 Å². The Labute approximate surface area is 109 Å². The molecule has 0 amide bonds. The molecule has 0 atom stereocenters. The standard InChI is InChI=1S/C15H10FN3/c16-12-4-1-10(2-5-12)8-15-18-13-6-3-11(9-17)7-14(13)19-15/h1-7H,8H2,(H,18,19). The van der Waals surface area contributed by atoms with Crippen LogP contribution in [0.1, 0.15) is 17.0 Å². The van der Waals surface area contributed by atoms with Gasteiger partial charge in [-0.25, -0.2) is 9.37 Å². The summed E-state index contributed by atoms with van der Waals surface area (Å²) in [6.07, 6.45) is 0.608. The summed E-state index contributed by atoms with van der Waals surface area (Å²) in [5.74, 6) is 0.559. The van der Waals surface area contributed by atoms with Gasteiger partial charge in [-0.05, 0) is 35.9 Å². The van der Waals surface area contributed by atoms with E-state index in [1.54, 1.807) is 24.3 Å². The van der Waals surface area contributed by atoms with Crippen molar-refractivity contribution in [2.75, 3.05) is 0 Å². The molecule has 1 heterocycles. The number of hydrogen-bond acceptors (Lipinski definition) is 2. The summed E-state index contributed by atoms with van der Waals surface area (Å²) in [4.78, 5) is 7.62. The minimum absolute atomic E-state index is 0.244. The highest BCUT2D eigenvalue weighted by Gasteiger charge is 2.05. The first-order chi connectivity index (χ1) is 9.24. The number of H-pyrrole nitrogens is 1. The molecule has 3 rings (SSSR count). The van der Waals surface area contributed by atoms with Gasteiger partial charge in [-0.15, -0.1) is 0 Å². The fourth-order valence-corrected chi connectivity index (χ4v) is 2.01. The van der Waals surface area contributed by atoms with Gasteiger partial charge in [-0.2, -0.15) is 5.26 Å². The molecule has 0 radical (unpaired) electrons. The van der Waals surface area contributed by atoms with E-state index in [0.717, 1.165) is 22.4 Å². The SMILES string of the molecule is N#Cc1ccc2nc(Cc3ccc(F)cc3)[nH]c2c1. The van der Waals surface area contributed by atoms with Crippen LogP contribution >= 0.6 is 0 Å². The Morgan fingerprint density at radius 3 is 2.68 bits per heavy atom. The van der Waals surface area contributed by atoms with Crippen molar-refractivity contribution in [2.24, 2.45) is 0 Å². The Balaban J connectivity index is 1.93. The van der Waals surface area contributed by atoms with Crippen molar-refractivity contribution in [3.05, 3.63) is 65.2 Å². The molecule has 0 spiro atoms. The molecule has 0 bridgehead atoms. The van der Waals surface area contributed by atoms with Crippen LogP contribution in [0.4, 0.5) is 4.39 Å². The molecule has 19 heavy (non-hydrogen) atoms. The summed E-state index contributed by atoms with van der Waals surface area (Å²) in [6, 6.07) is 13.8. The first-order valence-electron chi connectivity index (χ1n) is 5.88. The smallest absolute Gasteiger partial charge is 0.123 e. The number of nitrogens with one attached hydrogen (secondary N) is 1. The molecule has 1 aromatic heterocycles. The van der Waals surface area contributed by atoms with Crippen molar-refractivity contribution in [3.63, 3.8) is 0 Å². The fraction of sp³-hybridized carbons (Fsp3) is 0.0667. The number of nitrogens with zero attached hydrogens (tertiary/aromatic N) is 2. The summed E-state index contributed by atoms with van der Waals surface area (Å²) in [7, 11) is 0. The summed E-state index contributed by atoms with van der Waals surface area (Å²) in [5, 5.41) is 8.85. The summed E-state index contributed by atoms with van der Waals surface area (Å²) in [5.41, 5.74) is 3.26. The Hall–Kier alpha value is -2.67. The Morgan fingerprint density at radius 1 is 1.16 bits per heavy atom. The van der Waals surface area contributed by atoms with Crippen LogP contribution in [0.3, 0.4) is 0 Å². The Morgan fingerprint density at radius 2 is 1.95 bits per heavy atom. The van der Waals surface area contributed by atoms with Gasteiger partial charge in [-0.1, -0.05) is 12.1 Å². The highest BCUT2D eigenvalue weighted by molar-refractivity contribution is 5.76. The van der Waals surface area contributed by atoms with Crippen molar-refractivity contribution < 1.29 is 4.39 Å². The van der Waals surface area contributed by atoms with E-state index in [1.807, 2.05) is 6.07 Å². The highest BCUT2D eigenvalue weighted by atomic mass is 19.1. The second-order valence-corrected chi connectivity index (χ2v) is 4.33. The Kier molecular flexibility index (Phi) is 2.73. The number of hydrogen-bond donors (Lipinski definition) is 1. The maximum absolute atomic E-state index is 12.8. The summed E-state index contributed by atoms with van der Waals surface area (Å²) < 4.78 is 12.8. The zero-order chi connectivity index (χ0) is 13.2. The van der Waals surface area contributed by atoms with Gasteiger partial charge in [0.05, 0.1) is 22.7 Å². The number of aromatic nitrogens is 2. The molecule has 0 aliphatic carbocycles. The molecule has 1 N–H and O–H groups in total. The van der Waals surface area contributed by atoms with Gasteiger partial charge in [0, 0.05) is 6.42 Å². The number of halogens is 1. The number of nitriles is 1. The second kappa shape index (κ2) is 4.54. The third kappa shape index (κ3) is 2.31. The molecule has 3 nitrogen and oxygen atoms in total. The van der Waals surface area contributed by atoms with Crippen molar-refractivity contribution in [1.82, 2.24) is 9.97 Å². The van der Waals surface area contributed by atoms with Crippen LogP contribution in [0.5, 0.6) is 0 Å². The van der Waals surface area contributed by atoms with Crippen LogP contribution in [-0.2, 0) is 6.42 Å². The number of aromatic amines is 1. The van der Waals surface area contributed by atoms with Gasteiger partial charge >= 0.3 is 0 Å². The molecule has 0 unspecified atom stereocenters. The molecule has 2 aromatic carbocycles. The summed E-state index contributed by atoms with van der Waals surface area (Å²) in [6.45, 7) is 0. The van der Waals surface area contributed by atoms with Gasteiger partial charge in [0.15, 0.2) is 0 Å². The predicted octanol–water partition coefficient (Wildman–Crippen LogP) is 3.16. The number of benzene rings is 2. The fourth-order valence-electron chi connectivity index (χ4n) is 2.01. The number of imidazole rings is 1. The van der Waals surface area contributed by atoms with Crippen LogP contribution in [0, 0.1) is 17.1 Å². The topological polar surface area (TPSA) is 52.5 Å². The van der Waals surface area contributed by atoms with Crippen LogP contribution in [0.15, 0.2) is 42.5 Å². The van der Waals surface area contributed by atoms with Gasteiger partial charge in [-0.3, -0.25) is 0 Å². The molecule has 0 saturated carbocycles. The first kappa shape index (κ1) is 11.4. The third-order valence-electron chi connectivity index (χ3n) is 2.94. The highest BCUT2D eigenvalue weighted by Crippen LogP contribution is 2.15. The lowest BCUT2D eigenvalue weighted by Crippen LogP contribution is -1.90. The average Bonchev–Trinajstić information content (AvgIpc) is 2.82. The van der Waals surface area contributed by atoms with Crippen LogP contribution < -0.4 is 0 Å². The Bertz CT molecular complexity index is 766. The zero-order valence-electron chi connectivity index (χ0n) is 10.0. The molecule has 0 aliphatic heterocycles. The van der Waals surface area contributed by atoms with E-state index in [1.165, 1.54) is 12.1 Å². The van der Waals surface area contributed by atoms with Gasteiger partial charge in [0.25, 0.3) is 0 Å². The van der Waals surface area contributed by atoms with E-state index in [4.69, 9.17) is 5.26 Å². The first-order valence-corrected chi connectivity index (χ1v) is 5.88. The van der Waals surface area contributed by atoms with Crippen LogP contribution in [0.25, 0.3) is 11.0 Å². The van der Waals surface area contributed by atoms with Crippen molar-refractivity contribution >= 4 is 11.0 Å². The lowest BCUT2D eigenvalue weighted by Gasteiger charge is -1.97. The van der Waals surface area contributed by atoms with Gasteiger partial charge in [0.1, 0.15) is 11.6 Å².